The molecule has 0 aromatic heterocycles. The Hall–Kier alpha value is -0.160. The molecule has 3 fully saturated rings. The lowest BCUT2D eigenvalue weighted by Crippen LogP contribution is -3.24. The van der Waals surface area contributed by atoms with Crippen molar-refractivity contribution in [3.8, 4) is 0 Å². The number of quaternary nitrogens is 1. The molecule has 4 nitrogen and oxygen atoms in total. The number of rotatable bonds is 1. The Morgan fingerprint density at radius 2 is 1.93 bits per heavy atom. The molecule has 1 aliphatic carbocycles. The van der Waals surface area contributed by atoms with Gasteiger partial charge in [-0.15, -0.1) is 0 Å². The first kappa shape index (κ1) is 10.0. The van der Waals surface area contributed by atoms with Gasteiger partial charge < -0.3 is 14.6 Å². The van der Waals surface area contributed by atoms with Crippen LogP contribution in [0.4, 0.5) is 0 Å². The zero-order valence-electron chi connectivity index (χ0n) is 9.13. The van der Waals surface area contributed by atoms with E-state index in [4.69, 9.17) is 9.47 Å². The van der Waals surface area contributed by atoms with Crippen molar-refractivity contribution in [1.29, 1.82) is 0 Å². The summed E-state index contributed by atoms with van der Waals surface area (Å²) < 4.78 is 11.6. The molecule has 1 saturated carbocycles. The van der Waals surface area contributed by atoms with Gasteiger partial charge in [0.25, 0.3) is 0 Å². The molecule has 2 saturated heterocycles. The van der Waals surface area contributed by atoms with E-state index in [2.05, 4.69) is 0 Å². The van der Waals surface area contributed by atoms with Gasteiger partial charge in [-0.3, -0.25) is 4.90 Å². The van der Waals surface area contributed by atoms with E-state index in [1.54, 1.807) is 0 Å². The van der Waals surface area contributed by atoms with Gasteiger partial charge in [0.1, 0.15) is 19.8 Å². The van der Waals surface area contributed by atoms with E-state index in [-0.39, 0.29) is 17.9 Å². The summed E-state index contributed by atoms with van der Waals surface area (Å²) >= 11 is 0. The van der Waals surface area contributed by atoms with E-state index >= 15 is 0 Å². The largest absolute Gasteiger partial charge is 0.390 e. The average Bonchev–Trinajstić information content (AvgIpc) is 2.82. The van der Waals surface area contributed by atoms with Crippen LogP contribution >= 0.6 is 0 Å². The smallest absolute Gasteiger partial charge is 0.204 e. The second kappa shape index (κ2) is 3.42. The third-order valence-electron chi connectivity index (χ3n) is 4.40. The highest BCUT2D eigenvalue weighted by atomic mass is 16.6. The van der Waals surface area contributed by atoms with Gasteiger partial charge in [0.05, 0.1) is 0 Å². The zero-order chi connectivity index (χ0) is 10.4. The summed E-state index contributed by atoms with van der Waals surface area (Å²) in [5, 5.41) is 9.56. The SMILES string of the molecule is OC[C@@]12COC[NH+]1C1(CCCCC1)OC2. The minimum atomic E-state index is -0.155. The van der Waals surface area contributed by atoms with Gasteiger partial charge in [0.2, 0.25) is 5.72 Å². The lowest BCUT2D eigenvalue weighted by Gasteiger charge is -2.37. The van der Waals surface area contributed by atoms with Gasteiger partial charge >= 0.3 is 0 Å². The molecule has 4 heteroatoms. The third kappa shape index (κ3) is 1.29. The molecule has 0 aromatic rings. The van der Waals surface area contributed by atoms with Crippen LogP contribution in [0.5, 0.6) is 0 Å². The van der Waals surface area contributed by atoms with Crippen LogP contribution < -0.4 is 4.90 Å². The summed E-state index contributed by atoms with van der Waals surface area (Å²) in [5.74, 6) is 0. The molecule has 0 bridgehead atoms. The molecule has 86 valence electrons. The number of hydrogen-bond acceptors (Lipinski definition) is 3. The molecule has 2 atom stereocenters. The molecule has 0 amide bonds. The second-order valence-corrected chi connectivity index (χ2v) is 5.25. The molecular weight excluding hydrogens is 194 g/mol. The third-order valence-corrected chi connectivity index (χ3v) is 4.40. The van der Waals surface area contributed by atoms with Crippen LogP contribution in [0.2, 0.25) is 0 Å². The first-order valence-corrected chi connectivity index (χ1v) is 6.01. The van der Waals surface area contributed by atoms with Gasteiger partial charge in [-0.1, -0.05) is 6.42 Å². The molecule has 2 heterocycles. The molecule has 3 rings (SSSR count). The highest BCUT2D eigenvalue weighted by Gasteiger charge is 2.63. The Labute approximate surface area is 90.2 Å². The van der Waals surface area contributed by atoms with E-state index < -0.39 is 0 Å². The summed E-state index contributed by atoms with van der Waals surface area (Å²) in [6.07, 6.45) is 6.10. The molecule has 2 aliphatic heterocycles. The highest BCUT2D eigenvalue weighted by Crippen LogP contribution is 2.33. The van der Waals surface area contributed by atoms with Crippen molar-refractivity contribution < 1.29 is 19.5 Å². The maximum atomic E-state index is 9.56. The monoisotopic (exact) mass is 214 g/mol. The number of ether oxygens (including phenoxy) is 2. The molecular formula is C11H20NO3+. The van der Waals surface area contributed by atoms with Crippen molar-refractivity contribution >= 4 is 0 Å². The maximum Gasteiger partial charge on any atom is 0.204 e. The lowest BCUT2D eigenvalue weighted by atomic mass is 9.89. The summed E-state index contributed by atoms with van der Waals surface area (Å²) in [6.45, 7) is 2.21. The predicted octanol–water partition coefficient (Wildman–Crippen LogP) is -0.719. The van der Waals surface area contributed by atoms with E-state index in [1.165, 1.54) is 24.2 Å². The zero-order valence-corrected chi connectivity index (χ0v) is 9.13. The Kier molecular flexibility index (Phi) is 2.28. The lowest BCUT2D eigenvalue weighted by molar-refractivity contribution is -0.994. The van der Waals surface area contributed by atoms with Crippen LogP contribution in [-0.4, -0.2) is 42.9 Å². The van der Waals surface area contributed by atoms with Gasteiger partial charge in [0, 0.05) is 12.8 Å². The topological polar surface area (TPSA) is 43.1 Å². The summed E-state index contributed by atoms with van der Waals surface area (Å²) in [7, 11) is 0. The number of fused-ring (bicyclic) bond motifs is 2. The Balaban J connectivity index is 1.87. The molecule has 3 aliphatic rings. The Bertz CT molecular complexity index is 252. The van der Waals surface area contributed by atoms with Gasteiger partial charge in [-0.05, 0) is 12.8 Å². The molecule has 0 aromatic carbocycles. The van der Waals surface area contributed by atoms with Crippen molar-refractivity contribution in [2.24, 2.45) is 0 Å². The minimum Gasteiger partial charge on any atom is -0.390 e. The van der Waals surface area contributed by atoms with Crippen LogP contribution in [0.1, 0.15) is 32.1 Å². The summed E-state index contributed by atoms with van der Waals surface area (Å²) in [5.41, 5.74) is -0.186. The average molecular weight is 214 g/mol. The molecule has 1 unspecified atom stereocenters. The maximum absolute atomic E-state index is 9.56. The van der Waals surface area contributed by atoms with E-state index in [0.29, 0.717) is 19.9 Å². The summed E-state index contributed by atoms with van der Waals surface area (Å²) in [4.78, 5) is 1.36. The fourth-order valence-electron chi connectivity index (χ4n) is 3.45. The van der Waals surface area contributed by atoms with Crippen LogP contribution in [0, 0.1) is 0 Å². The van der Waals surface area contributed by atoms with Crippen molar-refractivity contribution in [2.75, 3.05) is 26.6 Å². The highest BCUT2D eigenvalue weighted by molar-refractivity contribution is 4.91. The van der Waals surface area contributed by atoms with E-state index in [0.717, 1.165) is 12.8 Å². The van der Waals surface area contributed by atoms with Crippen LogP contribution in [0.25, 0.3) is 0 Å². The van der Waals surface area contributed by atoms with E-state index in [1.807, 2.05) is 0 Å². The Morgan fingerprint density at radius 3 is 2.67 bits per heavy atom. The van der Waals surface area contributed by atoms with Crippen LogP contribution in [0.15, 0.2) is 0 Å². The van der Waals surface area contributed by atoms with E-state index in [9.17, 15) is 5.11 Å². The number of nitrogens with one attached hydrogen (secondary N) is 1. The predicted molar refractivity (Wildman–Crippen MR) is 53.4 cm³/mol. The quantitative estimate of drug-likeness (QED) is 0.605. The first-order chi connectivity index (χ1) is 7.31. The summed E-state index contributed by atoms with van der Waals surface area (Å²) in [6, 6.07) is 0. The van der Waals surface area contributed by atoms with Crippen molar-refractivity contribution in [3.05, 3.63) is 0 Å². The fraction of sp³-hybridized carbons (Fsp3) is 1.00. The number of aliphatic hydroxyl groups excluding tert-OH is 1. The normalized spacial score (nSPS) is 43.4. The second-order valence-electron chi connectivity index (χ2n) is 5.25. The van der Waals surface area contributed by atoms with Crippen molar-refractivity contribution in [1.82, 2.24) is 0 Å². The standard InChI is InChI=1S/C11H19NO3/c13-6-10-7-14-9-12(10)11(15-8-10)4-2-1-3-5-11/h13H,1-9H2/p+1/t10-/m0/s1. The van der Waals surface area contributed by atoms with Crippen molar-refractivity contribution in [2.45, 2.75) is 43.4 Å². The van der Waals surface area contributed by atoms with Crippen LogP contribution in [0.3, 0.4) is 0 Å². The molecule has 1 spiro atoms. The minimum absolute atomic E-state index is 0.0303. The van der Waals surface area contributed by atoms with Crippen molar-refractivity contribution in [3.63, 3.8) is 0 Å². The van der Waals surface area contributed by atoms with Gasteiger partial charge in [-0.2, -0.15) is 0 Å². The molecule has 15 heavy (non-hydrogen) atoms. The first-order valence-electron chi connectivity index (χ1n) is 6.01. The number of aliphatic hydroxyl groups is 1. The molecule has 0 radical (unpaired) electrons. The number of hydrogen-bond donors (Lipinski definition) is 2. The van der Waals surface area contributed by atoms with Gasteiger partial charge in [0.15, 0.2) is 12.3 Å². The van der Waals surface area contributed by atoms with Gasteiger partial charge in [-0.25, -0.2) is 0 Å². The van der Waals surface area contributed by atoms with Crippen LogP contribution in [-0.2, 0) is 9.47 Å². The Morgan fingerprint density at radius 1 is 1.13 bits per heavy atom. The fourth-order valence-corrected chi connectivity index (χ4v) is 3.45. The molecule has 2 N–H and O–H groups in total.